The Morgan fingerprint density at radius 3 is 1.68 bits per heavy atom. The monoisotopic (exact) mass is 400 g/mol. The standard InChI is InChI=1S/C24H48O4/c1-3-5-7-9-11-12-14-16-18-20-27-22-23(21-25)28-24(26)19-17-15-13-10-8-6-4-2/h23,25H,3-22H2,1-2H3. The second-order valence-corrected chi connectivity index (χ2v) is 8.07. The van der Waals surface area contributed by atoms with Crippen molar-refractivity contribution in [2.45, 2.75) is 129 Å². The molecule has 0 heterocycles. The number of hydrogen-bond donors (Lipinski definition) is 1. The van der Waals surface area contributed by atoms with E-state index in [1.807, 2.05) is 0 Å². The van der Waals surface area contributed by atoms with E-state index in [1.54, 1.807) is 0 Å². The van der Waals surface area contributed by atoms with Crippen molar-refractivity contribution >= 4 is 5.97 Å². The van der Waals surface area contributed by atoms with Gasteiger partial charge in [0.25, 0.3) is 0 Å². The van der Waals surface area contributed by atoms with Crippen molar-refractivity contribution in [2.75, 3.05) is 19.8 Å². The molecular formula is C24H48O4. The van der Waals surface area contributed by atoms with Gasteiger partial charge in [0.2, 0.25) is 0 Å². The van der Waals surface area contributed by atoms with Crippen LogP contribution in [0, 0.1) is 0 Å². The molecule has 4 nitrogen and oxygen atoms in total. The van der Waals surface area contributed by atoms with Crippen molar-refractivity contribution in [1.82, 2.24) is 0 Å². The zero-order chi connectivity index (χ0) is 20.7. The summed E-state index contributed by atoms with van der Waals surface area (Å²) in [5.41, 5.74) is 0. The molecule has 0 aliphatic rings. The quantitative estimate of drug-likeness (QED) is 0.165. The van der Waals surface area contributed by atoms with E-state index < -0.39 is 6.10 Å². The van der Waals surface area contributed by atoms with Crippen LogP contribution in [0.2, 0.25) is 0 Å². The Balaban J connectivity index is 3.46. The third-order valence-corrected chi connectivity index (χ3v) is 5.18. The number of aliphatic hydroxyl groups is 1. The van der Waals surface area contributed by atoms with Crippen LogP contribution in [0.3, 0.4) is 0 Å². The van der Waals surface area contributed by atoms with E-state index in [9.17, 15) is 9.90 Å². The summed E-state index contributed by atoms with van der Waals surface area (Å²) in [6.45, 7) is 5.28. The molecule has 0 fully saturated rings. The fourth-order valence-electron chi connectivity index (χ4n) is 3.32. The molecule has 0 saturated carbocycles. The molecule has 1 atom stereocenters. The summed E-state index contributed by atoms with van der Waals surface area (Å²) in [5, 5.41) is 9.37. The molecule has 1 unspecified atom stereocenters. The van der Waals surface area contributed by atoms with Gasteiger partial charge in [0.15, 0.2) is 0 Å². The van der Waals surface area contributed by atoms with E-state index in [4.69, 9.17) is 9.47 Å². The SMILES string of the molecule is CCCCCCCCCCCOCC(CO)OC(=O)CCCCCCCCC. The first kappa shape index (κ1) is 27.4. The van der Waals surface area contributed by atoms with E-state index >= 15 is 0 Å². The summed E-state index contributed by atoms with van der Waals surface area (Å²) in [5.74, 6) is -0.209. The summed E-state index contributed by atoms with van der Waals surface area (Å²) in [7, 11) is 0. The normalized spacial score (nSPS) is 12.2. The first-order valence-electron chi connectivity index (χ1n) is 12.1. The highest BCUT2D eigenvalue weighted by Crippen LogP contribution is 2.11. The number of carbonyl (C=O) groups is 1. The van der Waals surface area contributed by atoms with Gasteiger partial charge >= 0.3 is 5.97 Å². The average molecular weight is 401 g/mol. The lowest BCUT2D eigenvalue weighted by molar-refractivity contribution is -0.154. The Hall–Kier alpha value is -0.610. The van der Waals surface area contributed by atoms with E-state index in [-0.39, 0.29) is 12.6 Å². The van der Waals surface area contributed by atoms with Gasteiger partial charge in [-0.1, -0.05) is 104 Å². The van der Waals surface area contributed by atoms with Crippen LogP contribution in [-0.2, 0) is 14.3 Å². The number of unbranched alkanes of at least 4 members (excludes halogenated alkanes) is 14. The summed E-state index contributed by atoms with van der Waals surface area (Å²) in [6.07, 6.45) is 19.8. The van der Waals surface area contributed by atoms with Gasteiger partial charge in [-0.25, -0.2) is 0 Å². The van der Waals surface area contributed by atoms with E-state index in [0.717, 1.165) is 19.3 Å². The van der Waals surface area contributed by atoms with Crippen molar-refractivity contribution in [2.24, 2.45) is 0 Å². The first-order valence-corrected chi connectivity index (χ1v) is 12.1. The second-order valence-electron chi connectivity index (χ2n) is 8.07. The second kappa shape index (κ2) is 22.7. The molecule has 4 heteroatoms. The molecule has 0 rings (SSSR count). The molecule has 0 aromatic rings. The molecule has 0 aliphatic heterocycles. The Labute approximate surface area is 174 Å². The summed E-state index contributed by atoms with van der Waals surface area (Å²) in [4.78, 5) is 11.9. The Kier molecular flexibility index (Phi) is 22.2. The van der Waals surface area contributed by atoms with Crippen LogP contribution in [0.5, 0.6) is 0 Å². The number of aliphatic hydroxyl groups excluding tert-OH is 1. The van der Waals surface area contributed by atoms with Crippen molar-refractivity contribution in [3.05, 3.63) is 0 Å². The molecule has 0 aromatic heterocycles. The highest BCUT2D eigenvalue weighted by molar-refractivity contribution is 5.69. The predicted molar refractivity (Wildman–Crippen MR) is 118 cm³/mol. The van der Waals surface area contributed by atoms with Crippen LogP contribution in [-0.4, -0.2) is 37.0 Å². The van der Waals surface area contributed by atoms with Gasteiger partial charge < -0.3 is 14.6 Å². The fraction of sp³-hybridized carbons (Fsp3) is 0.958. The van der Waals surface area contributed by atoms with Crippen molar-refractivity contribution in [3.63, 3.8) is 0 Å². The van der Waals surface area contributed by atoms with Crippen molar-refractivity contribution in [1.29, 1.82) is 0 Å². The Morgan fingerprint density at radius 2 is 1.18 bits per heavy atom. The molecular weight excluding hydrogens is 352 g/mol. The smallest absolute Gasteiger partial charge is 0.306 e. The number of esters is 1. The number of ether oxygens (including phenoxy) is 2. The van der Waals surface area contributed by atoms with Crippen LogP contribution in [0.15, 0.2) is 0 Å². The predicted octanol–water partition coefficient (Wildman–Crippen LogP) is 6.58. The van der Waals surface area contributed by atoms with Crippen LogP contribution >= 0.6 is 0 Å². The summed E-state index contributed by atoms with van der Waals surface area (Å²) >= 11 is 0. The minimum Gasteiger partial charge on any atom is -0.457 e. The molecule has 1 N–H and O–H groups in total. The van der Waals surface area contributed by atoms with Crippen LogP contribution in [0.25, 0.3) is 0 Å². The van der Waals surface area contributed by atoms with Gasteiger partial charge in [0.1, 0.15) is 6.10 Å². The minimum absolute atomic E-state index is 0.166. The van der Waals surface area contributed by atoms with E-state index in [1.165, 1.54) is 83.5 Å². The maximum absolute atomic E-state index is 11.9. The van der Waals surface area contributed by atoms with E-state index in [2.05, 4.69) is 13.8 Å². The minimum atomic E-state index is -0.518. The maximum atomic E-state index is 11.9. The summed E-state index contributed by atoms with van der Waals surface area (Å²) in [6, 6.07) is 0. The lowest BCUT2D eigenvalue weighted by Crippen LogP contribution is -2.27. The maximum Gasteiger partial charge on any atom is 0.306 e. The molecule has 0 spiro atoms. The average Bonchev–Trinajstić information content (AvgIpc) is 2.70. The lowest BCUT2D eigenvalue weighted by Gasteiger charge is -2.15. The van der Waals surface area contributed by atoms with Gasteiger partial charge in [-0.2, -0.15) is 0 Å². The van der Waals surface area contributed by atoms with Crippen molar-refractivity contribution < 1.29 is 19.4 Å². The van der Waals surface area contributed by atoms with Gasteiger partial charge in [-0.15, -0.1) is 0 Å². The molecule has 0 radical (unpaired) electrons. The fourth-order valence-corrected chi connectivity index (χ4v) is 3.32. The number of rotatable bonds is 22. The molecule has 0 amide bonds. The zero-order valence-corrected chi connectivity index (χ0v) is 18.9. The Morgan fingerprint density at radius 1 is 0.714 bits per heavy atom. The third kappa shape index (κ3) is 20.1. The molecule has 28 heavy (non-hydrogen) atoms. The Bertz CT molecular complexity index is 320. The molecule has 0 aromatic carbocycles. The van der Waals surface area contributed by atoms with Crippen molar-refractivity contribution in [3.8, 4) is 0 Å². The molecule has 0 saturated heterocycles. The molecule has 168 valence electrons. The van der Waals surface area contributed by atoms with Crippen LogP contribution in [0.4, 0.5) is 0 Å². The highest BCUT2D eigenvalue weighted by Gasteiger charge is 2.13. The summed E-state index contributed by atoms with van der Waals surface area (Å²) < 4.78 is 10.9. The third-order valence-electron chi connectivity index (χ3n) is 5.18. The van der Waals surface area contributed by atoms with E-state index in [0.29, 0.717) is 19.6 Å². The zero-order valence-electron chi connectivity index (χ0n) is 18.9. The molecule has 0 aliphatic carbocycles. The van der Waals surface area contributed by atoms with Gasteiger partial charge in [-0.3, -0.25) is 4.79 Å². The number of carbonyl (C=O) groups excluding carboxylic acids is 1. The molecule has 0 bridgehead atoms. The first-order chi connectivity index (χ1) is 13.7. The van der Waals surface area contributed by atoms with Crippen LogP contribution in [0.1, 0.15) is 123 Å². The number of hydrogen-bond acceptors (Lipinski definition) is 4. The topological polar surface area (TPSA) is 55.8 Å². The van der Waals surface area contributed by atoms with Gasteiger partial charge in [0.05, 0.1) is 13.2 Å². The highest BCUT2D eigenvalue weighted by atomic mass is 16.6. The van der Waals surface area contributed by atoms with Gasteiger partial charge in [-0.05, 0) is 12.8 Å². The lowest BCUT2D eigenvalue weighted by atomic mass is 10.1. The van der Waals surface area contributed by atoms with Crippen LogP contribution < -0.4 is 0 Å². The largest absolute Gasteiger partial charge is 0.457 e. The van der Waals surface area contributed by atoms with Gasteiger partial charge in [0, 0.05) is 13.0 Å².